The van der Waals surface area contributed by atoms with E-state index in [1.165, 1.54) is 42.4 Å². The first-order valence-electron chi connectivity index (χ1n) is 7.33. The molecule has 1 aromatic rings. The Labute approximate surface area is 115 Å². The maximum absolute atomic E-state index is 11.9. The Morgan fingerprint density at radius 3 is 2.74 bits per heavy atom. The predicted octanol–water partition coefficient (Wildman–Crippen LogP) is 2.17. The normalized spacial score (nSPS) is 15.7. The molecule has 1 aliphatic rings. The van der Waals surface area contributed by atoms with Crippen molar-refractivity contribution in [2.24, 2.45) is 11.7 Å². The van der Waals surface area contributed by atoms with Crippen LogP contribution in [0.25, 0.3) is 0 Å². The lowest BCUT2D eigenvalue weighted by Gasteiger charge is -2.17. The van der Waals surface area contributed by atoms with Gasteiger partial charge in [0.1, 0.15) is 0 Å². The van der Waals surface area contributed by atoms with E-state index < -0.39 is 0 Å². The molecule has 1 aliphatic carbocycles. The standard InChI is InChI=1S/C16H24N2O/c1-2-13(10-17)16(19)18-11-12-7-8-14-5-3-4-6-15(14)9-12/h7-9,13H,2-6,10-11,17H2,1H3,(H,18,19). The molecule has 0 aromatic heterocycles. The number of carbonyl (C=O) groups is 1. The van der Waals surface area contributed by atoms with Crippen molar-refractivity contribution in [3.63, 3.8) is 0 Å². The number of benzene rings is 1. The molecule has 0 saturated carbocycles. The van der Waals surface area contributed by atoms with Gasteiger partial charge in [0.25, 0.3) is 0 Å². The molecule has 0 heterocycles. The summed E-state index contributed by atoms with van der Waals surface area (Å²) in [6, 6.07) is 6.60. The summed E-state index contributed by atoms with van der Waals surface area (Å²) in [6.45, 7) is 3.03. The Hall–Kier alpha value is -1.35. The summed E-state index contributed by atoms with van der Waals surface area (Å²) in [4.78, 5) is 11.9. The van der Waals surface area contributed by atoms with Crippen LogP contribution in [0.5, 0.6) is 0 Å². The fraction of sp³-hybridized carbons (Fsp3) is 0.562. The van der Waals surface area contributed by atoms with E-state index in [4.69, 9.17) is 5.73 Å². The zero-order valence-corrected chi connectivity index (χ0v) is 11.7. The van der Waals surface area contributed by atoms with Crippen molar-refractivity contribution in [3.8, 4) is 0 Å². The van der Waals surface area contributed by atoms with E-state index in [0.717, 1.165) is 6.42 Å². The highest BCUT2D eigenvalue weighted by atomic mass is 16.1. The van der Waals surface area contributed by atoms with Crippen molar-refractivity contribution in [1.29, 1.82) is 0 Å². The number of fused-ring (bicyclic) bond motifs is 1. The Kier molecular flexibility index (Phi) is 4.97. The third-order valence-electron chi connectivity index (χ3n) is 4.03. The lowest BCUT2D eigenvalue weighted by molar-refractivity contribution is -0.124. The number of hydrogen-bond acceptors (Lipinski definition) is 2. The minimum atomic E-state index is -0.0578. The van der Waals surface area contributed by atoms with Gasteiger partial charge in [-0.3, -0.25) is 4.79 Å². The Morgan fingerprint density at radius 2 is 2.05 bits per heavy atom. The van der Waals surface area contributed by atoms with Gasteiger partial charge in [0.2, 0.25) is 5.91 Å². The van der Waals surface area contributed by atoms with Crippen LogP contribution in [0.2, 0.25) is 0 Å². The smallest absolute Gasteiger partial charge is 0.224 e. The van der Waals surface area contributed by atoms with Gasteiger partial charge < -0.3 is 11.1 Å². The molecule has 2 rings (SSSR count). The van der Waals surface area contributed by atoms with Crippen LogP contribution < -0.4 is 11.1 Å². The minimum Gasteiger partial charge on any atom is -0.352 e. The van der Waals surface area contributed by atoms with E-state index in [2.05, 4.69) is 23.5 Å². The van der Waals surface area contributed by atoms with Gasteiger partial charge in [0, 0.05) is 19.0 Å². The minimum absolute atomic E-state index is 0.0578. The summed E-state index contributed by atoms with van der Waals surface area (Å²) in [6.07, 6.45) is 5.77. The molecule has 1 amide bonds. The van der Waals surface area contributed by atoms with Crippen molar-refractivity contribution in [3.05, 3.63) is 34.9 Å². The van der Waals surface area contributed by atoms with Crippen LogP contribution in [-0.4, -0.2) is 12.5 Å². The Balaban J connectivity index is 1.94. The van der Waals surface area contributed by atoms with E-state index >= 15 is 0 Å². The van der Waals surface area contributed by atoms with Gasteiger partial charge in [-0.1, -0.05) is 25.1 Å². The van der Waals surface area contributed by atoms with E-state index in [-0.39, 0.29) is 11.8 Å². The highest BCUT2D eigenvalue weighted by Crippen LogP contribution is 2.22. The number of nitrogens with two attached hydrogens (primary N) is 1. The Bertz CT molecular complexity index is 438. The molecule has 19 heavy (non-hydrogen) atoms. The number of carbonyl (C=O) groups excluding carboxylic acids is 1. The molecule has 0 saturated heterocycles. The number of rotatable bonds is 5. The first-order chi connectivity index (χ1) is 9.24. The van der Waals surface area contributed by atoms with Gasteiger partial charge >= 0.3 is 0 Å². The fourth-order valence-electron chi connectivity index (χ4n) is 2.69. The van der Waals surface area contributed by atoms with E-state index in [0.29, 0.717) is 13.1 Å². The zero-order chi connectivity index (χ0) is 13.7. The van der Waals surface area contributed by atoms with Crippen LogP contribution in [-0.2, 0) is 24.2 Å². The third-order valence-corrected chi connectivity index (χ3v) is 4.03. The molecule has 0 spiro atoms. The maximum atomic E-state index is 11.9. The van der Waals surface area contributed by atoms with Crippen LogP contribution in [0.1, 0.15) is 42.9 Å². The van der Waals surface area contributed by atoms with Crippen LogP contribution in [0, 0.1) is 5.92 Å². The summed E-state index contributed by atoms with van der Waals surface area (Å²) in [7, 11) is 0. The van der Waals surface area contributed by atoms with Crippen LogP contribution >= 0.6 is 0 Å². The van der Waals surface area contributed by atoms with Gasteiger partial charge in [-0.15, -0.1) is 0 Å². The van der Waals surface area contributed by atoms with Gasteiger partial charge in [-0.2, -0.15) is 0 Å². The monoisotopic (exact) mass is 260 g/mol. The molecule has 0 bridgehead atoms. The summed E-state index contributed by atoms with van der Waals surface area (Å²) >= 11 is 0. The van der Waals surface area contributed by atoms with Crippen molar-refractivity contribution in [2.45, 2.75) is 45.6 Å². The second kappa shape index (κ2) is 6.71. The second-order valence-electron chi connectivity index (χ2n) is 5.37. The second-order valence-corrected chi connectivity index (χ2v) is 5.37. The Morgan fingerprint density at radius 1 is 1.32 bits per heavy atom. The molecule has 0 radical (unpaired) electrons. The van der Waals surface area contributed by atoms with Gasteiger partial charge in [0.15, 0.2) is 0 Å². The quantitative estimate of drug-likeness (QED) is 0.852. The highest BCUT2D eigenvalue weighted by molar-refractivity contribution is 5.78. The van der Waals surface area contributed by atoms with Crippen LogP contribution in [0.15, 0.2) is 18.2 Å². The molecule has 3 nitrogen and oxygen atoms in total. The van der Waals surface area contributed by atoms with Crippen molar-refractivity contribution in [2.75, 3.05) is 6.54 Å². The summed E-state index contributed by atoms with van der Waals surface area (Å²) in [5, 5.41) is 2.99. The summed E-state index contributed by atoms with van der Waals surface area (Å²) in [5.41, 5.74) is 9.72. The number of amides is 1. The SMILES string of the molecule is CCC(CN)C(=O)NCc1ccc2c(c1)CCCC2. The largest absolute Gasteiger partial charge is 0.352 e. The molecule has 1 atom stereocenters. The number of nitrogens with one attached hydrogen (secondary N) is 1. The summed E-state index contributed by atoms with van der Waals surface area (Å²) < 4.78 is 0. The van der Waals surface area contributed by atoms with E-state index in [1.807, 2.05) is 6.92 Å². The molecule has 1 aromatic carbocycles. The molecule has 0 aliphatic heterocycles. The van der Waals surface area contributed by atoms with Gasteiger partial charge in [-0.05, 0) is 48.8 Å². The van der Waals surface area contributed by atoms with E-state index in [1.54, 1.807) is 0 Å². The van der Waals surface area contributed by atoms with Crippen molar-refractivity contribution >= 4 is 5.91 Å². The van der Waals surface area contributed by atoms with Crippen molar-refractivity contribution < 1.29 is 4.79 Å². The average molecular weight is 260 g/mol. The average Bonchev–Trinajstić information content (AvgIpc) is 2.46. The third kappa shape index (κ3) is 3.57. The highest BCUT2D eigenvalue weighted by Gasteiger charge is 2.14. The molecule has 0 fully saturated rings. The molecule has 1 unspecified atom stereocenters. The van der Waals surface area contributed by atoms with Crippen molar-refractivity contribution in [1.82, 2.24) is 5.32 Å². The van der Waals surface area contributed by atoms with E-state index in [9.17, 15) is 4.79 Å². The molecule has 3 heteroatoms. The lowest BCUT2D eigenvalue weighted by atomic mass is 9.90. The lowest BCUT2D eigenvalue weighted by Crippen LogP contribution is -2.34. The van der Waals surface area contributed by atoms with Crippen LogP contribution in [0.4, 0.5) is 0 Å². The van der Waals surface area contributed by atoms with Gasteiger partial charge in [-0.25, -0.2) is 0 Å². The maximum Gasteiger partial charge on any atom is 0.224 e. The molecular weight excluding hydrogens is 236 g/mol. The van der Waals surface area contributed by atoms with Crippen LogP contribution in [0.3, 0.4) is 0 Å². The zero-order valence-electron chi connectivity index (χ0n) is 11.7. The topological polar surface area (TPSA) is 55.1 Å². The van der Waals surface area contributed by atoms with Gasteiger partial charge in [0.05, 0.1) is 0 Å². The molecule has 104 valence electrons. The number of aryl methyl sites for hydroxylation is 2. The first kappa shape index (κ1) is 14.1. The predicted molar refractivity (Wildman–Crippen MR) is 77.8 cm³/mol. The number of hydrogen-bond donors (Lipinski definition) is 2. The first-order valence-corrected chi connectivity index (χ1v) is 7.33. The molecule has 3 N–H and O–H groups in total. The molecular formula is C16H24N2O. The summed E-state index contributed by atoms with van der Waals surface area (Å²) in [5.74, 6) is 0.0142. The fourth-order valence-corrected chi connectivity index (χ4v) is 2.69.